The summed E-state index contributed by atoms with van der Waals surface area (Å²) in [5.41, 5.74) is 0.690. The molecule has 14 heavy (non-hydrogen) atoms. The van der Waals surface area contributed by atoms with Gasteiger partial charge in [-0.05, 0) is 0 Å². The predicted octanol–water partition coefficient (Wildman–Crippen LogP) is 0.227. The molecule has 0 amide bonds. The van der Waals surface area contributed by atoms with Crippen LogP contribution in [0.3, 0.4) is 0 Å². The van der Waals surface area contributed by atoms with Gasteiger partial charge in [0.1, 0.15) is 0 Å². The van der Waals surface area contributed by atoms with Gasteiger partial charge in [0, 0.05) is 0 Å². The fraction of sp³-hybridized carbons (Fsp3) is 0.600. The number of nitrogens with two attached hydrogens (primary N) is 1. The highest BCUT2D eigenvalue weighted by atomic mass is 35.5. The number of hydrogen-bond donors (Lipinski definition) is 3. The Kier molecular flexibility index (Phi) is 4.93. The third-order valence-corrected chi connectivity index (χ3v) is 1.32. The molecule has 0 aliphatic heterocycles. The highest BCUT2D eigenvalue weighted by molar-refractivity contribution is 5.86. The van der Waals surface area contributed by atoms with E-state index in [2.05, 4.69) is 5.73 Å². The highest BCUT2D eigenvalue weighted by Gasteiger charge is 2.59. The number of carbonyl (C=O) groups is 2. The van der Waals surface area contributed by atoms with Crippen LogP contribution in [0.4, 0.5) is 13.2 Å². The van der Waals surface area contributed by atoms with Crippen molar-refractivity contribution in [1.82, 2.24) is 0 Å². The molecule has 0 aromatic carbocycles. The number of carboxylic acids is 2. The largest absolute Gasteiger partial charge is 0.481 e. The summed E-state index contributed by atoms with van der Waals surface area (Å²) in [7, 11) is 0. The van der Waals surface area contributed by atoms with Crippen molar-refractivity contribution in [3.05, 3.63) is 0 Å². The third kappa shape index (κ3) is 3.04. The van der Waals surface area contributed by atoms with Crippen LogP contribution in [-0.2, 0) is 9.59 Å². The standard InChI is InChI=1S/C5H6F3NO4.ClH/c6-5(7,8)4(9,3(12)13)1-2(10)11;/h1,9H2,(H,10,11)(H,12,13);1H/t4-;/m0./s1. The maximum absolute atomic E-state index is 11.9. The van der Waals surface area contributed by atoms with Crippen molar-refractivity contribution in [1.29, 1.82) is 0 Å². The number of alkyl halides is 3. The van der Waals surface area contributed by atoms with Crippen molar-refractivity contribution in [2.45, 2.75) is 18.1 Å². The second-order valence-corrected chi connectivity index (χ2v) is 2.34. The lowest BCUT2D eigenvalue weighted by Gasteiger charge is -2.25. The summed E-state index contributed by atoms with van der Waals surface area (Å²) in [5.74, 6) is -4.34. The SMILES string of the molecule is Cl.N[C@@](CC(=O)O)(C(=O)O)C(F)(F)F. The molecule has 0 saturated carbocycles. The molecule has 1 atom stereocenters. The Morgan fingerprint density at radius 2 is 1.57 bits per heavy atom. The van der Waals surface area contributed by atoms with Crippen LogP contribution in [0.5, 0.6) is 0 Å². The van der Waals surface area contributed by atoms with E-state index in [4.69, 9.17) is 10.2 Å². The Labute approximate surface area is 82.1 Å². The van der Waals surface area contributed by atoms with Crippen molar-refractivity contribution >= 4 is 24.3 Å². The van der Waals surface area contributed by atoms with Crippen LogP contribution in [0.1, 0.15) is 6.42 Å². The molecule has 84 valence electrons. The van der Waals surface area contributed by atoms with E-state index in [0.717, 1.165) is 0 Å². The van der Waals surface area contributed by atoms with Crippen molar-refractivity contribution in [3.63, 3.8) is 0 Å². The van der Waals surface area contributed by atoms with E-state index >= 15 is 0 Å². The molecular formula is C5H7ClF3NO4. The number of aliphatic carboxylic acids is 2. The average molecular weight is 238 g/mol. The fourth-order valence-electron chi connectivity index (χ4n) is 0.536. The van der Waals surface area contributed by atoms with Crippen molar-refractivity contribution in [2.24, 2.45) is 5.73 Å². The van der Waals surface area contributed by atoms with Gasteiger partial charge in [0.15, 0.2) is 0 Å². The molecule has 9 heteroatoms. The number of hydrogen-bond acceptors (Lipinski definition) is 3. The molecule has 0 aliphatic carbocycles. The molecule has 5 nitrogen and oxygen atoms in total. The lowest BCUT2D eigenvalue weighted by molar-refractivity contribution is -0.206. The zero-order valence-electron chi connectivity index (χ0n) is 6.54. The molecular weight excluding hydrogens is 231 g/mol. The highest BCUT2D eigenvalue weighted by Crippen LogP contribution is 2.31. The molecule has 0 unspecified atom stereocenters. The van der Waals surface area contributed by atoms with Gasteiger partial charge in [0.25, 0.3) is 0 Å². The van der Waals surface area contributed by atoms with Gasteiger partial charge in [-0.1, -0.05) is 0 Å². The van der Waals surface area contributed by atoms with Crippen LogP contribution in [0, 0.1) is 0 Å². The van der Waals surface area contributed by atoms with Gasteiger partial charge in [-0.25, -0.2) is 4.79 Å². The Balaban J connectivity index is 0. The van der Waals surface area contributed by atoms with Crippen LogP contribution in [0.2, 0.25) is 0 Å². The average Bonchev–Trinajstić information content (AvgIpc) is 1.82. The smallest absolute Gasteiger partial charge is 0.417 e. The van der Waals surface area contributed by atoms with E-state index in [9.17, 15) is 22.8 Å². The second-order valence-electron chi connectivity index (χ2n) is 2.34. The molecule has 0 spiro atoms. The molecule has 0 aromatic heterocycles. The summed E-state index contributed by atoms with van der Waals surface area (Å²) in [6, 6.07) is 0. The molecule has 0 aromatic rings. The number of rotatable bonds is 3. The van der Waals surface area contributed by atoms with Gasteiger partial charge < -0.3 is 15.9 Å². The van der Waals surface area contributed by atoms with E-state index in [1.165, 1.54) is 0 Å². The van der Waals surface area contributed by atoms with Crippen LogP contribution in [0.25, 0.3) is 0 Å². The first-order valence-electron chi connectivity index (χ1n) is 2.92. The van der Waals surface area contributed by atoms with E-state index in [-0.39, 0.29) is 12.4 Å². The molecule has 0 radical (unpaired) electrons. The molecule has 0 aliphatic rings. The summed E-state index contributed by atoms with van der Waals surface area (Å²) in [5, 5.41) is 16.1. The summed E-state index contributed by atoms with van der Waals surface area (Å²) in [6.07, 6.45) is -7.00. The minimum absolute atomic E-state index is 0. The second kappa shape index (κ2) is 4.47. The number of halogens is 4. The minimum Gasteiger partial charge on any atom is -0.481 e. The molecule has 0 heterocycles. The quantitative estimate of drug-likeness (QED) is 0.652. The predicted molar refractivity (Wildman–Crippen MR) is 40.1 cm³/mol. The Morgan fingerprint density at radius 3 is 1.64 bits per heavy atom. The zero-order valence-corrected chi connectivity index (χ0v) is 7.35. The van der Waals surface area contributed by atoms with Gasteiger partial charge >= 0.3 is 18.1 Å². The van der Waals surface area contributed by atoms with Crippen LogP contribution >= 0.6 is 12.4 Å². The maximum atomic E-state index is 11.9. The Hall–Kier alpha value is -1.02. The van der Waals surface area contributed by atoms with Crippen molar-refractivity contribution < 1.29 is 33.0 Å². The topological polar surface area (TPSA) is 101 Å². The molecule has 0 rings (SSSR count). The van der Waals surface area contributed by atoms with Gasteiger partial charge in [0.05, 0.1) is 6.42 Å². The molecule has 4 N–H and O–H groups in total. The first kappa shape index (κ1) is 15.5. The number of carboxylic acid groups (broad SMARTS) is 2. The molecule has 0 fully saturated rings. The third-order valence-electron chi connectivity index (χ3n) is 1.32. The van der Waals surface area contributed by atoms with Crippen LogP contribution < -0.4 is 5.73 Å². The monoisotopic (exact) mass is 237 g/mol. The van der Waals surface area contributed by atoms with Crippen LogP contribution in [-0.4, -0.2) is 33.9 Å². The van der Waals surface area contributed by atoms with Crippen LogP contribution in [0.15, 0.2) is 0 Å². The summed E-state index contributed by atoms with van der Waals surface area (Å²) >= 11 is 0. The van der Waals surface area contributed by atoms with E-state index in [1.54, 1.807) is 0 Å². The lowest BCUT2D eigenvalue weighted by atomic mass is 9.96. The van der Waals surface area contributed by atoms with Gasteiger partial charge in [-0.15, -0.1) is 12.4 Å². The fourth-order valence-corrected chi connectivity index (χ4v) is 0.536. The minimum atomic E-state index is -5.29. The maximum Gasteiger partial charge on any atom is 0.417 e. The molecule has 0 saturated heterocycles. The lowest BCUT2D eigenvalue weighted by Crippen LogP contribution is -2.60. The summed E-state index contributed by atoms with van der Waals surface area (Å²) in [4.78, 5) is 20.0. The van der Waals surface area contributed by atoms with Crippen molar-refractivity contribution in [3.8, 4) is 0 Å². The van der Waals surface area contributed by atoms with E-state index in [0.29, 0.717) is 0 Å². The summed E-state index contributed by atoms with van der Waals surface area (Å²) in [6.45, 7) is 0. The molecule has 0 bridgehead atoms. The van der Waals surface area contributed by atoms with E-state index < -0.39 is 30.1 Å². The first-order valence-corrected chi connectivity index (χ1v) is 2.92. The van der Waals surface area contributed by atoms with Gasteiger partial charge in [-0.3, -0.25) is 4.79 Å². The van der Waals surface area contributed by atoms with E-state index in [1.807, 2.05) is 0 Å². The van der Waals surface area contributed by atoms with Crippen molar-refractivity contribution in [2.75, 3.05) is 0 Å². The first-order chi connectivity index (χ1) is 5.61. The van der Waals surface area contributed by atoms with Gasteiger partial charge in [0.2, 0.25) is 5.54 Å². The Morgan fingerprint density at radius 1 is 1.21 bits per heavy atom. The van der Waals surface area contributed by atoms with Gasteiger partial charge in [-0.2, -0.15) is 13.2 Å². The normalized spacial score (nSPS) is 15.1. The zero-order chi connectivity index (χ0) is 10.9. The Bertz CT molecular complexity index is 244. The summed E-state index contributed by atoms with van der Waals surface area (Å²) < 4.78 is 35.8.